The predicted octanol–water partition coefficient (Wildman–Crippen LogP) is 3.90. The molecule has 0 fully saturated rings. The summed E-state index contributed by atoms with van der Waals surface area (Å²) in [6.07, 6.45) is 1.62. The van der Waals surface area contributed by atoms with Gasteiger partial charge >= 0.3 is 0 Å². The summed E-state index contributed by atoms with van der Waals surface area (Å²) in [6, 6.07) is 4.30. The molecule has 6 heteroatoms. The van der Waals surface area contributed by atoms with Crippen LogP contribution >= 0.6 is 38.5 Å². The van der Waals surface area contributed by atoms with Crippen LogP contribution in [-0.4, -0.2) is 9.97 Å². The normalized spacial score (nSPS) is 10.7. The van der Waals surface area contributed by atoms with Crippen molar-refractivity contribution in [1.29, 1.82) is 0 Å². The summed E-state index contributed by atoms with van der Waals surface area (Å²) in [4.78, 5) is 19.0. The predicted molar refractivity (Wildman–Crippen MR) is 84.7 cm³/mol. The minimum absolute atomic E-state index is 0.190. The summed E-state index contributed by atoms with van der Waals surface area (Å²) in [5.41, 5.74) is 1.11. The topological polar surface area (TPSA) is 45.8 Å². The molecule has 1 aromatic carbocycles. The van der Waals surface area contributed by atoms with Crippen molar-refractivity contribution in [2.24, 2.45) is 0 Å². The summed E-state index contributed by atoms with van der Waals surface area (Å²) in [5.74, 6) is 0.0247. The molecule has 0 aliphatic carbocycles. The van der Waals surface area contributed by atoms with Gasteiger partial charge in [-0.1, -0.05) is 29.3 Å². The van der Waals surface area contributed by atoms with Crippen molar-refractivity contribution in [3.8, 4) is 11.4 Å². The van der Waals surface area contributed by atoms with E-state index in [0.717, 1.165) is 18.5 Å². The molecule has 2 aromatic rings. The van der Waals surface area contributed by atoms with Crippen LogP contribution in [-0.2, 0) is 6.42 Å². The van der Waals surface area contributed by atoms with Gasteiger partial charge in [0.2, 0.25) is 0 Å². The van der Waals surface area contributed by atoms with Gasteiger partial charge in [-0.15, -0.1) is 0 Å². The van der Waals surface area contributed by atoms with E-state index < -0.39 is 0 Å². The molecule has 0 aliphatic heterocycles. The lowest BCUT2D eigenvalue weighted by atomic mass is 10.2. The Morgan fingerprint density at radius 2 is 2.21 bits per heavy atom. The number of halogens is 3. The highest BCUT2D eigenvalue weighted by atomic mass is 127. The molecule has 2 rings (SSSR count). The van der Waals surface area contributed by atoms with Gasteiger partial charge < -0.3 is 4.98 Å². The first-order valence-corrected chi connectivity index (χ1v) is 7.64. The van der Waals surface area contributed by atoms with Crippen molar-refractivity contribution in [2.45, 2.75) is 19.8 Å². The van der Waals surface area contributed by atoms with Crippen molar-refractivity contribution >= 4 is 38.5 Å². The quantitative estimate of drug-likeness (QED) is 0.742. The molecule has 0 aliphatic rings. The summed E-state index contributed by atoms with van der Waals surface area (Å²) in [7, 11) is 0. The number of aromatic amines is 1. The van der Waals surface area contributed by atoms with E-state index in [-0.39, 0.29) is 11.4 Å². The number of hydrogen-bond donors (Lipinski definition) is 1. The minimum Gasteiger partial charge on any atom is -0.306 e. The summed E-state index contributed by atoms with van der Waals surface area (Å²) < 4.78 is 14.6. The Morgan fingerprint density at radius 3 is 2.89 bits per heavy atom. The fourth-order valence-electron chi connectivity index (χ4n) is 1.71. The average molecular weight is 437 g/mol. The maximum Gasteiger partial charge on any atom is 0.264 e. The molecule has 0 bridgehead atoms. The largest absolute Gasteiger partial charge is 0.306 e. The van der Waals surface area contributed by atoms with Gasteiger partial charge in [-0.25, -0.2) is 9.37 Å². The maximum atomic E-state index is 13.3. The van der Waals surface area contributed by atoms with Crippen LogP contribution in [0.2, 0.25) is 0 Å². The van der Waals surface area contributed by atoms with E-state index in [1.807, 2.05) is 29.5 Å². The summed E-state index contributed by atoms with van der Waals surface area (Å²) in [6.45, 7) is 2.02. The van der Waals surface area contributed by atoms with Crippen LogP contribution in [0.5, 0.6) is 0 Å². The standard InChI is InChI=1S/C13H11BrFIN2O/c1-2-3-10-11(16)13(19)18-12(17-10)8-6-7(15)4-5-9(8)14/h4-6H,2-3H2,1H3,(H,17,18,19). The molecule has 0 spiro atoms. The van der Waals surface area contributed by atoms with E-state index >= 15 is 0 Å². The lowest BCUT2D eigenvalue weighted by Crippen LogP contribution is -2.16. The van der Waals surface area contributed by atoms with Crippen molar-refractivity contribution in [3.05, 3.63) is 48.1 Å². The lowest BCUT2D eigenvalue weighted by Gasteiger charge is -2.07. The molecule has 19 heavy (non-hydrogen) atoms. The number of aryl methyl sites for hydroxylation is 1. The van der Waals surface area contributed by atoms with Crippen LogP contribution in [0, 0.1) is 9.39 Å². The van der Waals surface area contributed by atoms with E-state index in [2.05, 4.69) is 25.9 Å². The van der Waals surface area contributed by atoms with E-state index in [9.17, 15) is 9.18 Å². The summed E-state index contributed by atoms with van der Waals surface area (Å²) in [5, 5.41) is 0. The summed E-state index contributed by atoms with van der Waals surface area (Å²) >= 11 is 5.33. The van der Waals surface area contributed by atoms with Gasteiger partial charge in [0, 0.05) is 10.0 Å². The Morgan fingerprint density at radius 1 is 1.47 bits per heavy atom. The number of nitrogens with zero attached hydrogens (tertiary/aromatic N) is 1. The number of benzene rings is 1. The van der Waals surface area contributed by atoms with Crippen LogP contribution in [0.15, 0.2) is 27.5 Å². The molecule has 0 radical (unpaired) electrons. The molecule has 0 unspecified atom stereocenters. The minimum atomic E-state index is -0.364. The molecule has 0 atom stereocenters. The number of hydrogen-bond acceptors (Lipinski definition) is 2. The van der Waals surface area contributed by atoms with Gasteiger partial charge in [0.25, 0.3) is 5.56 Å². The zero-order valence-corrected chi connectivity index (χ0v) is 13.9. The van der Waals surface area contributed by atoms with Gasteiger partial charge in [0.15, 0.2) is 0 Å². The van der Waals surface area contributed by atoms with E-state index in [0.29, 0.717) is 19.4 Å². The molecule has 1 heterocycles. The lowest BCUT2D eigenvalue weighted by molar-refractivity contribution is 0.628. The third-order valence-electron chi connectivity index (χ3n) is 2.60. The van der Waals surface area contributed by atoms with Crippen LogP contribution in [0.4, 0.5) is 4.39 Å². The SMILES string of the molecule is CCCc1nc(-c2cc(F)ccc2Br)[nH]c(=O)c1I. The van der Waals surface area contributed by atoms with Gasteiger partial charge in [-0.3, -0.25) is 4.79 Å². The van der Waals surface area contributed by atoms with Gasteiger partial charge in [-0.2, -0.15) is 0 Å². The van der Waals surface area contributed by atoms with Crippen LogP contribution in [0.25, 0.3) is 11.4 Å². The first-order chi connectivity index (χ1) is 9.02. The monoisotopic (exact) mass is 436 g/mol. The van der Waals surface area contributed by atoms with Gasteiger partial charge in [0.05, 0.1) is 9.26 Å². The molecule has 100 valence electrons. The third-order valence-corrected chi connectivity index (χ3v) is 4.41. The van der Waals surface area contributed by atoms with Crippen molar-refractivity contribution < 1.29 is 4.39 Å². The zero-order valence-electron chi connectivity index (χ0n) is 10.1. The highest BCUT2D eigenvalue weighted by molar-refractivity contribution is 14.1. The molecule has 1 aromatic heterocycles. The fourth-order valence-corrected chi connectivity index (χ4v) is 2.67. The second-order valence-electron chi connectivity index (χ2n) is 4.05. The maximum absolute atomic E-state index is 13.3. The van der Waals surface area contributed by atoms with Crippen LogP contribution in [0.3, 0.4) is 0 Å². The van der Waals surface area contributed by atoms with Crippen LogP contribution in [0.1, 0.15) is 19.0 Å². The highest BCUT2D eigenvalue weighted by Crippen LogP contribution is 2.26. The third kappa shape index (κ3) is 3.22. The Balaban J connectivity index is 2.62. The van der Waals surface area contributed by atoms with E-state index in [1.54, 1.807) is 6.07 Å². The number of rotatable bonds is 3. The number of aromatic nitrogens is 2. The molecular formula is C13H11BrFIN2O. The molecule has 0 saturated heterocycles. The molecular weight excluding hydrogens is 426 g/mol. The van der Waals surface area contributed by atoms with Gasteiger partial charge in [0.1, 0.15) is 11.6 Å². The number of H-pyrrole nitrogens is 1. The van der Waals surface area contributed by atoms with Crippen molar-refractivity contribution in [1.82, 2.24) is 9.97 Å². The number of nitrogens with one attached hydrogen (secondary N) is 1. The first kappa shape index (κ1) is 14.6. The van der Waals surface area contributed by atoms with Crippen molar-refractivity contribution in [3.63, 3.8) is 0 Å². The Labute approximate surface area is 131 Å². The molecule has 0 saturated carbocycles. The molecule has 3 nitrogen and oxygen atoms in total. The fraction of sp³-hybridized carbons (Fsp3) is 0.231. The van der Waals surface area contributed by atoms with Gasteiger partial charge in [-0.05, 0) is 47.2 Å². The molecule has 1 N–H and O–H groups in total. The second-order valence-corrected chi connectivity index (χ2v) is 5.98. The molecule has 0 amide bonds. The van der Waals surface area contributed by atoms with E-state index in [1.165, 1.54) is 12.1 Å². The van der Waals surface area contributed by atoms with Crippen molar-refractivity contribution in [2.75, 3.05) is 0 Å². The Hall–Kier alpha value is -0.760. The Kier molecular flexibility index (Phi) is 4.72. The smallest absolute Gasteiger partial charge is 0.264 e. The second kappa shape index (κ2) is 6.13. The highest BCUT2D eigenvalue weighted by Gasteiger charge is 2.12. The average Bonchev–Trinajstić information content (AvgIpc) is 2.38. The van der Waals surface area contributed by atoms with E-state index in [4.69, 9.17) is 0 Å². The van der Waals surface area contributed by atoms with Crippen LogP contribution < -0.4 is 5.56 Å². The zero-order chi connectivity index (χ0) is 14.0. The first-order valence-electron chi connectivity index (χ1n) is 5.77. The Bertz CT molecular complexity index is 672.